The lowest BCUT2D eigenvalue weighted by atomic mass is 10.0. The number of hydrogen-bond donors (Lipinski definition) is 1. The van der Waals surface area contributed by atoms with Crippen LogP contribution in [0.25, 0.3) is 0 Å². The zero-order chi connectivity index (χ0) is 10.6. The zero-order valence-electron chi connectivity index (χ0n) is 10.00. The normalized spacial score (nSPS) is 29.6. The summed E-state index contributed by atoms with van der Waals surface area (Å²) in [6.45, 7) is 9.33. The Morgan fingerprint density at radius 3 is 2.71 bits per heavy atom. The van der Waals surface area contributed by atoms with Crippen molar-refractivity contribution < 1.29 is 0 Å². The van der Waals surface area contributed by atoms with Gasteiger partial charge in [0.15, 0.2) is 0 Å². The van der Waals surface area contributed by atoms with Crippen LogP contribution in [0.4, 0.5) is 0 Å². The van der Waals surface area contributed by atoms with Crippen molar-refractivity contribution in [3.05, 3.63) is 0 Å². The largest absolute Gasteiger partial charge is 0.326 e. The molecule has 0 aromatic carbocycles. The quantitative estimate of drug-likeness (QED) is 0.753. The molecule has 0 bridgehead atoms. The van der Waals surface area contributed by atoms with Crippen molar-refractivity contribution in [2.45, 2.75) is 58.5 Å². The van der Waals surface area contributed by atoms with Crippen molar-refractivity contribution in [1.82, 2.24) is 4.90 Å². The SMILES string of the molecule is CCC(N)C(C)N1CCCC(C)CC1. The summed E-state index contributed by atoms with van der Waals surface area (Å²) < 4.78 is 0. The average molecular weight is 198 g/mol. The van der Waals surface area contributed by atoms with Gasteiger partial charge in [-0.25, -0.2) is 0 Å². The molecule has 1 fully saturated rings. The molecule has 3 atom stereocenters. The topological polar surface area (TPSA) is 29.3 Å². The van der Waals surface area contributed by atoms with E-state index in [4.69, 9.17) is 5.73 Å². The Hall–Kier alpha value is -0.0800. The van der Waals surface area contributed by atoms with Crippen LogP contribution in [-0.2, 0) is 0 Å². The van der Waals surface area contributed by atoms with Crippen molar-refractivity contribution in [3.8, 4) is 0 Å². The molecule has 1 aliphatic rings. The minimum atomic E-state index is 0.350. The van der Waals surface area contributed by atoms with E-state index in [9.17, 15) is 0 Å². The second-order valence-corrected chi connectivity index (χ2v) is 4.88. The van der Waals surface area contributed by atoms with E-state index >= 15 is 0 Å². The van der Waals surface area contributed by atoms with Gasteiger partial charge in [-0.05, 0) is 51.6 Å². The molecule has 2 heteroatoms. The zero-order valence-corrected chi connectivity index (χ0v) is 10.00. The van der Waals surface area contributed by atoms with Gasteiger partial charge in [-0.2, -0.15) is 0 Å². The summed E-state index contributed by atoms with van der Waals surface area (Å²) in [5.74, 6) is 0.907. The first-order valence-electron chi connectivity index (χ1n) is 6.14. The molecule has 84 valence electrons. The standard InChI is InChI=1S/C12H26N2/c1-4-12(13)11(3)14-8-5-6-10(2)7-9-14/h10-12H,4-9,13H2,1-3H3. The first kappa shape index (κ1) is 12.0. The van der Waals surface area contributed by atoms with Crippen molar-refractivity contribution >= 4 is 0 Å². The molecule has 1 heterocycles. The summed E-state index contributed by atoms with van der Waals surface area (Å²) >= 11 is 0. The lowest BCUT2D eigenvalue weighted by molar-refractivity contribution is 0.187. The highest BCUT2D eigenvalue weighted by Gasteiger charge is 2.21. The summed E-state index contributed by atoms with van der Waals surface area (Å²) in [6.07, 6.45) is 5.18. The smallest absolute Gasteiger partial charge is 0.0218 e. The third-order valence-electron chi connectivity index (χ3n) is 3.72. The van der Waals surface area contributed by atoms with Gasteiger partial charge >= 0.3 is 0 Å². The number of hydrogen-bond acceptors (Lipinski definition) is 2. The molecule has 3 unspecified atom stereocenters. The van der Waals surface area contributed by atoms with Crippen LogP contribution >= 0.6 is 0 Å². The minimum Gasteiger partial charge on any atom is -0.326 e. The summed E-state index contributed by atoms with van der Waals surface area (Å²) in [5, 5.41) is 0. The monoisotopic (exact) mass is 198 g/mol. The van der Waals surface area contributed by atoms with Gasteiger partial charge in [0, 0.05) is 12.1 Å². The molecule has 2 N–H and O–H groups in total. The Kier molecular flexibility index (Phi) is 4.90. The molecule has 0 spiro atoms. The maximum Gasteiger partial charge on any atom is 0.0218 e. The molecule has 2 nitrogen and oxygen atoms in total. The second kappa shape index (κ2) is 5.72. The van der Waals surface area contributed by atoms with Crippen LogP contribution in [0.15, 0.2) is 0 Å². The van der Waals surface area contributed by atoms with E-state index in [1.54, 1.807) is 0 Å². The van der Waals surface area contributed by atoms with Crippen LogP contribution in [0.1, 0.15) is 46.5 Å². The van der Waals surface area contributed by atoms with E-state index in [0.29, 0.717) is 12.1 Å². The lowest BCUT2D eigenvalue weighted by Gasteiger charge is -2.31. The van der Waals surface area contributed by atoms with E-state index in [1.807, 2.05) is 0 Å². The molecular weight excluding hydrogens is 172 g/mol. The van der Waals surface area contributed by atoms with E-state index in [2.05, 4.69) is 25.7 Å². The third-order valence-corrected chi connectivity index (χ3v) is 3.72. The third kappa shape index (κ3) is 3.25. The fraction of sp³-hybridized carbons (Fsp3) is 1.00. The van der Waals surface area contributed by atoms with Crippen molar-refractivity contribution in [1.29, 1.82) is 0 Å². The first-order chi connectivity index (χ1) is 6.65. The van der Waals surface area contributed by atoms with Gasteiger partial charge in [-0.15, -0.1) is 0 Å². The average Bonchev–Trinajstić information content (AvgIpc) is 2.40. The molecule has 14 heavy (non-hydrogen) atoms. The predicted octanol–water partition coefficient (Wildman–Crippen LogP) is 2.23. The Bertz CT molecular complexity index is 158. The maximum atomic E-state index is 6.09. The molecule has 1 rings (SSSR count). The molecule has 0 radical (unpaired) electrons. The van der Waals surface area contributed by atoms with Gasteiger partial charge < -0.3 is 5.73 Å². The second-order valence-electron chi connectivity index (χ2n) is 4.88. The summed E-state index contributed by atoms with van der Waals surface area (Å²) in [6, 6.07) is 0.911. The van der Waals surface area contributed by atoms with Crippen LogP contribution in [-0.4, -0.2) is 30.1 Å². The molecule has 0 aromatic rings. The van der Waals surface area contributed by atoms with Crippen molar-refractivity contribution in [3.63, 3.8) is 0 Å². The van der Waals surface area contributed by atoms with E-state index in [-0.39, 0.29) is 0 Å². The van der Waals surface area contributed by atoms with Crippen molar-refractivity contribution in [2.24, 2.45) is 11.7 Å². The number of nitrogens with two attached hydrogens (primary N) is 1. The highest BCUT2D eigenvalue weighted by atomic mass is 15.2. The molecule has 1 saturated heterocycles. The van der Waals surface area contributed by atoms with Gasteiger partial charge in [-0.1, -0.05) is 13.8 Å². The molecule has 1 aliphatic heterocycles. The van der Waals surface area contributed by atoms with Crippen LogP contribution < -0.4 is 5.73 Å². The molecular formula is C12H26N2. The summed E-state index contributed by atoms with van der Waals surface area (Å²) in [5.41, 5.74) is 6.09. The highest BCUT2D eigenvalue weighted by molar-refractivity contribution is 4.79. The minimum absolute atomic E-state index is 0.350. The number of likely N-dealkylation sites (tertiary alicyclic amines) is 1. The van der Waals surface area contributed by atoms with Crippen LogP contribution in [0.3, 0.4) is 0 Å². The van der Waals surface area contributed by atoms with Gasteiger partial charge in [0.05, 0.1) is 0 Å². The van der Waals surface area contributed by atoms with Crippen LogP contribution in [0.2, 0.25) is 0 Å². The Balaban J connectivity index is 2.42. The van der Waals surface area contributed by atoms with E-state index in [1.165, 1.54) is 32.4 Å². The van der Waals surface area contributed by atoms with Crippen LogP contribution in [0, 0.1) is 5.92 Å². The van der Waals surface area contributed by atoms with Gasteiger partial charge in [0.2, 0.25) is 0 Å². The van der Waals surface area contributed by atoms with E-state index in [0.717, 1.165) is 12.3 Å². The maximum absolute atomic E-state index is 6.09. The Morgan fingerprint density at radius 2 is 2.07 bits per heavy atom. The fourth-order valence-electron chi connectivity index (χ4n) is 2.30. The molecule has 0 aromatic heterocycles. The van der Waals surface area contributed by atoms with E-state index < -0.39 is 0 Å². The van der Waals surface area contributed by atoms with Gasteiger partial charge in [0.25, 0.3) is 0 Å². The van der Waals surface area contributed by atoms with Crippen molar-refractivity contribution in [2.75, 3.05) is 13.1 Å². The first-order valence-corrected chi connectivity index (χ1v) is 6.14. The van der Waals surface area contributed by atoms with Gasteiger partial charge in [0.1, 0.15) is 0 Å². The molecule has 0 aliphatic carbocycles. The highest BCUT2D eigenvalue weighted by Crippen LogP contribution is 2.19. The fourth-order valence-corrected chi connectivity index (χ4v) is 2.30. The molecule has 0 amide bonds. The van der Waals surface area contributed by atoms with Crippen LogP contribution in [0.5, 0.6) is 0 Å². The summed E-state index contributed by atoms with van der Waals surface area (Å²) in [4.78, 5) is 2.58. The van der Waals surface area contributed by atoms with Gasteiger partial charge in [-0.3, -0.25) is 4.90 Å². The lowest BCUT2D eigenvalue weighted by Crippen LogP contribution is -2.46. The summed E-state index contributed by atoms with van der Waals surface area (Å²) in [7, 11) is 0. The number of rotatable bonds is 3. The Morgan fingerprint density at radius 1 is 1.36 bits per heavy atom. The Labute approximate surface area is 88.8 Å². The molecule has 0 saturated carbocycles. The predicted molar refractivity (Wildman–Crippen MR) is 62.3 cm³/mol. The number of nitrogens with zero attached hydrogens (tertiary/aromatic N) is 1.